The van der Waals surface area contributed by atoms with Gasteiger partial charge in [-0.1, -0.05) is 33.6 Å². The number of aryl methyl sites for hydroxylation is 2. The highest BCUT2D eigenvalue weighted by Gasteiger charge is 2.06. The van der Waals surface area contributed by atoms with Crippen LogP contribution < -0.4 is 5.32 Å². The molecule has 0 amide bonds. The quantitative estimate of drug-likeness (QED) is 0.685. The van der Waals surface area contributed by atoms with Crippen LogP contribution >= 0.6 is 15.9 Å². The number of hydrogen-bond acceptors (Lipinski definition) is 2. The summed E-state index contributed by atoms with van der Waals surface area (Å²) in [5.74, 6) is 0. The molecule has 1 heterocycles. The topological polar surface area (TPSA) is 24.9 Å². The van der Waals surface area contributed by atoms with E-state index in [1.165, 1.54) is 11.1 Å². The largest absolute Gasteiger partial charge is 0.355 e. The normalized spacial score (nSPS) is 10.8. The van der Waals surface area contributed by atoms with Gasteiger partial charge in [0.05, 0.1) is 5.52 Å². The first-order valence-electron chi connectivity index (χ1n) is 6.52. The van der Waals surface area contributed by atoms with E-state index in [1.807, 2.05) is 24.4 Å². The lowest BCUT2D eigenvalue weighted by Crippen LogP contribution is -1.94. The minimum Gasteiger partial charge on any atom is -0.355 e. The molecule has 2 aromatic carbocycles. The van der Waals surface area contributed by atoms with Gasteiger partial charge in [0, 0.05) is 27.4 Å². The van der Waals surface area contributed by atoms with Crippen molar-refractivity contribution in [3.63, 3.8) is 0 Å². The number of anilines is 2. The smallest absolute Gasteiger partial charge is 0.0752 e. The molecular formula is C17H15BrN2. The van der Waals surface area contributed by atoms with Crippen LogP contribution in [-0.4, -0.2) is 4.98 Å². The van der Waals surface area contributed by atoms with Crippen LogP contribution in [0.25, 0.3) is 10.9 Å². The highest BCUT2D eigenvalue weighted by atomic mass is 79.9. The molecule has 3 aromatic rings. The monoisotopic (exact) mass is 326 g/mol. The maximum atomic E-state index is 4.49. The highest BCUT2D eigenvalue weighted by molar-refractivity contribution is 9.10. The van der Waals surface area contributed by atoms with Crippen molar-refractivity contribution in [3.05, 3.63) is 64.3 Å². The van der Waals surface area contributed by atoms with Crippen molar-refractivity contribution < 1.29 is 0 Å². The molecule has 0 bridgehead atoms. The van der Waals surface area contributed by atoms with E-state index in [-0.39, 0.29) is 0 Å². The van der Waals surface area contributed by atoms with Gasteiger partial charge in [-0.2, -0.15) is 0 Å². The summed E-state index contributed by atoms with van der Waals surface area (Å²) in [5, 5.41) is 4.63. The summed E-state index contributed by atoms with van der Waals surface area (Å²) in [6.07, 6.45) is 1.85. The van der Waals surface area contributed by atoms with Gasteiger partial charge in [0.2, 0.25) is 0 Å². The van der Waals surface area contributed by atoms with E-state index in [2.05, 4.69) is 64.3 Å². The summed E-state index contributed by atoms with van der Waals surface area (Å²) in [4.78, 5) is 4.49. The Labute approximate surface area is 127 Å². The van der Waals surface area contributed by atoms with Crippen LogP contribution in [0.15, 0.2) is 53.1 Å². The zero-order chi connectivity index (χ0) is 14.1. The Kier molecular flexibility index (Phi) is 3.45. The molecule has 3 rings (SSSR count). The Morgan fingerprint density at radius 3 is 2.70 bits per heavy atom. The van der Waals surface area contributed by atoms with Gasteiger partial charge < -0.3 is 5.32 Å². The summed E-state index contributed by atoms with van der Waals surface area (Å²) in [7, 11) is 0. The number of aromatic nitrogens is 1. The summed E-state index contributed by atoms with van der Waals surface area (Å²) in [6.45, 7) is 4.22. The first-order chi connectivity index (χ1) is 9.63. The van der Waals surface area contributed by atoms with Crippen molar-refractivity contribution in [1.29, 1.82) is 0 Å². The molecule has 0 saturated heterocycles. The van der Waals surface area contributed by atoms with Crippen molar-refractivity contribution in [2.45, 2.75) is 13.8 Å². The molecule has 3 heteroatoms. The van der Waals surface area contributed by atoms with Crippen LogP contribution in [0.3, 0.4) is 0 Å². The molecule has 1 aromatic heterocycles. The SMILES string of the molecule is Cc1cc(C)c2nccc(Nc3cccc(Br)c3)c2c1. The number of halogens is 1. The maximum Gasteiger partial charge on any atom is 0.0752 e. The van der Waals surface area contributed by atoms with E-state index in [4.69, 9.17) is 0 Å². The number of nitrogens with zero attached hydrogens (tertiary/aromatic N) is 1. The zero-order valence-electron chi connectivity index (χ0n) is 11.4. The number of rotatable bonds is 2. The molecule has 0 spiro atoms. The molecule has 0 saturated carbocycles. The molecule has 0 aliphatic heterocycles. The highest BCUT2D eigenvalue weighted by Crippen LogP contribution is 2.28. The molecular weight excluding hydrogens is 312 g/mol. The predicted octanol–water partition coefficient (Wildman–Crippen LogP) is 5.36. The average Bonchev–Trinajstić information content (AvgIpc) is 2.40. The molecule has 0 atom stereocenters. The van der Waals surface area contributed by atoms with Gasteiger partial charge in [-0.05, 0) is 49.7 Å². The van der Waals surface area contributed by atoms with Crippen LogP contribution in [0, 0.1) is 13.8 Å². The molecule has 20 heavy (non-hydrogen) atoms. The third-order valence-corrected chi connectivity index (χ3v) is 3.78. The van der Waals surface area contributed by atoms with E-state index in [0.29, 0.717) is 0 Å². The number of nitrogens with one attached hydrogen (secondary N) is 1. The Balaban J connectivity index is 2.12. The molecule has 0 radical (unpaired) electrons. The maximum absolute atomic E-state index is 4.49. The second-order valence-electron chi connectivity index (χ2n) is 4.97. The average molecular weight is 327 g/mol. The number of benzene rings is 2. The van der Waals surface area contributed by atoms with Crippen LogP contribution in [0.2, 0.25) is 0 Å². The van der Waals surface area contributed by atoms with Gasteiger partial charge in [-0.3, -0.25) is 4.98 Å². The lowest BCUT2D eigenvalue weighted by atomic mass is 10.1. The molecule has 0 aliphatic carbocycles. The van der Waals surface area contributed by atoms with Gasteiger partial charge in [0.15, 0.2) is 0 Å². The van der Waals surface area contributed by atoms with Gasteiger partial charge in [-0.25, -0.2) is 0 Å². The Hall–Kier alpha value is -1.87. The summed E-state index contributed by atoms with van der Waals surface area (Å²) in [5.41, 5.74) is 5.65. The van der Waals surface area contributed by atoms with Gasteiger partial charge in [0.25, 0.3) is 0 Å². The fraction of sp³-hybridized carbons (Fsp3) is 0.118. The summed E-state index contributed by atoms with van der Waals surface area (Å²) in [6, 6.07) is 14.5. The van der Waals surface area contributed by atoms with E-state index in [1.54, 1.807) is 0 Å². The Morgan fingerprint density at radius 2 is 1.90 bits per heavy atom. The van der Waals surface area contributed by atoms with Crippen molar-refractivity contribution in [3.8, 4) is 0 Å². The van der Waals surface area contributed by atoms with E-state index in [0.717, 1.165) is 26.8 Å². The Bertz CT molecular complexity index is 781. The third-order valence-electron chi connectivity index (χ3n) is 3.28. The van der Waals surface area contributed by atoms with E-state index < -0.39 is 0 Å². The number of pyridine rings is 1. The van der Waals surface area contributed by atoms with Crippen molar-refractivity contribution in [1.82, 2.24) is 4.98 Å². The summed E-state index contributed by atoms with van der Waals surface area (Å²) >= 11 is 3.50. The lowest BCUT2D eigenvalue weighted by Gasteiger charge is -2.11. The fourth-order valence-electron chi connectivity index (χ4n) is 2.44. The van der Waals surface area contributed by atoms with E-state index in [9.17, 15) is 0 Å². The van der Waals surface area contributed by atoms with Crippen LogP contribution in [0.4, 0.5) is 11.4 Å². The molecule has 1 N–H and O–H groups in total. The van der Waals surface area contributed by atoms with Gasteiger partial charge in [-0.15, -0.1) is 0 Å². The molecule has 0 unspecified atom stereocenters. The number of fused-ring (bicyclic) bond motifs is 1. The molecule has 0 fully saturated rings. The molecule has 100 valence electrons. The lowest BCUT2D eigenvalue weighted by molar-refractivity contribution is 1.34. The van der Waals surface area contributed by atoms with Gasteiger partial charge >= 0.3 is 0 Å². The molecule has 2 nitrogen and oxygen atoms in total. The predicted molar refractivity (Wildman–Crippen MR) is 88.6 cm³/mol. The summed E-state index contributed by atoms with van der Waals surface area (Å²) < 4.78 is 1.06. The van der Waals surface area contributed by atoms with Crippen LogP contribution in [0.1, 0.15) is 11.1 Å². The third kappa shape index (κ3) is 2.54. The minimum atomic E-state index is 1.05. The van der Waals surface area contributed by atoms with Crippen LogP contribution in [0.5, 0.6) is 0 Å². The Morgan fingerprint density at radius 1 is 1.05 bits per heavy atom. The zero-order valence-corrected chi connectivity index (χ0v) is 13.0. The molecule has 0 aliphatic rings. The standard InChI is InChI=1S/C17H15BrN2/c1-11-8-12(2)17-15(9-11)16(6-7-19-17)20-14-5-3-4-13(18)10-14/h3-10H,1-2H3,(H,19,20). The minimum absolute atomic E-state index is 1.05. The fourth-order valence-corrected chi connectivity index (χ4v) is 2.84. The van der Waals surface area contributed by atoms with Crippen molar-refractivity contribution in [2.24, 2.45) is 0 Å². The first-order valence-corrected chi connectivity index (χ1v) is 7.31. The first kappa shape index (κ1) is 13.1. The van der Waals surface area contributed by atoms with E-state index >= 15 is 0 Å². The van der Waals surface area contributed by atoms with Gasteiger partial charge in [0.1, 0.15) is 0 Å². The van der Waals surface area contributed by atoms with Crippen molar-refractivity contribution in [2.75, 3.05) is 5.32 Å². The second kappa shape index (κ2) is 5.25. The van der Waals surface area contributed by atoms with Crippen molar-refractivity contribution >= 4 is 38.2 Å². The number of hydrogen-bond donors (Lipinski definition) is 1. The second-order valence-corrected chi connectivity index (χ2v) is 5.89. The van der Waals surface area contributed by atoms with Crippen LogP contribution in [-0.2, 0) is 0 Å².